The molecule has 0 unspecified atom stereocenters. The summed E-state index contributed by atoms with van der Waals surface area (Å²) in [7, 11) is 0. The summed E-state index contributed by atoms with van der Waals surface area (Å²) in [6.07, 6.45) is 2.48. The lowest BCUT2D eigenvalue weighted by molar-refractivity contribution is 0.454. The average Bonchev–Trinajstić information content (AvgIpc) is 3.05. The summed E-state index contributed by atoms with van der Waals surface area (Å²) in [4.78, 5) is 0. The summed E-state index contributed by atoms with van der Waals surface area (Å²) in [6.45, 7) is 2.19. The van der Waals surface area contributed by atoms with Gasteiger partial charge in [0.1, 0.15) is 0 Å². The molecule has 1 atom stereocenters. The summed E-state index contributed by atoms with van der Waals surface area (Å²) in [5.74, 6) is 0.565. The number of rotatable bonds is 2. The van der Waals surface area contributed by atoms with Crippen LogP contribution in [0.15, 0.2) is 48.5 Å². The Kier molecular flexibility index (Phi) is 3.20. The molecular weight excluding hydrogens is 258 g/mol. The van der Waals surface area contributed by atoms with Crippen molar-refractivity contribution >= 4 is 10.8 Å². The van der Waals surface area contributed by atoms with Crippen molar-refractivity contribution in [1.82, 2.24) is 15.5 Å². The first-order chi connectivity index (χ1) is 10.4. The van der Waals surface area contributed by atoms with Gasteiger partial charge in [-0.25, -0.2) is 0 Å². The third-order valence-electron chi connectivity index (χ3n) is 4.40. The molecule has 2 heterocycles. The van der Waals surface area contributed by atoms with Crippen LogP contribution in [-0.2, 0) is 0 Å². The molecule has 3 heteroatoms. The highest BCUT2D eigenvalue weighted by molar-refractivity contribution is 5.95. The van der Waals surface area contributed by atoms with Crippen LogP contribution in [0.5, 0.6) is 0 Å². The van der Waals surface area contributed by atoms with Gasteiger partial charge in [0.15, 0.2) is 0 Å². The molecule has 0 spiro atoms. The summed E-state index contributed by atoms with van der Waals surface area (Å²) in [6, 6.07) is 17.1. The Morgan fingerprint density at radius 2 is 1.95 bits per heavy atom. The van der Waals surface area contributed by atoms with E-state index in [2.05, 4.69) is 64.0 Å². The lowest BCUT2D eigenvalue weighted by Gasteiger charge is -2.21. The molecule has 0 aliphatic carbocycles. The second-order valence-electron chi connectivity index (χ2n) is 5.78. The molecule has 1 fully saturated rings. The lowest BCUT2D eigenvalue weighted by atomic mass is 9.95. The molecule has 1 aliphatic heterocycles. The van der Waals surface area contributed by atoms with E-state index in [0.717, 1.165) is 18.8 Å². The summed E-state index contributed by atoms with van der Waals surface area (Å²) in [5, 5.41) is 13.8. The number of nitrogens with zero attached hydrogens (tertiary/aromatic N) is 1. The van der Waals surface area contributed by atoms with Crippen LogP contribution >= 0.6 is 0 Å². The fraction of sp³-hybridized carbons (Fsp3) is 0.278. The number of benzene rings is 2. The van der Waals surface area contributed by atoms with E-state index in [4.69, 9.17) is 0 Å². The van der Waals surface area contributed by atoms with Gasteiger partial charge in [-0.15, -0.1) is 0 Å². The average molecular weight is 277 g/mol. The molecule has 0 radical (unpaired) electrons. The predicted molar refractivity (Wildman–Crippen MR) is 86.4 cm³/mol. The Labute approximate surface area is 124 Å². The second-order valence-corrected chi connectivity index (χ2v) is 5.78. The Morgan fingerprint density at radius 1 is 1.05 bits per heavy atom. The Hall–Kier alpha value is -2.13. The molecule has 21 heavy (non-hydrogen) atoms. The maximum Gasteiger partial charge on any atom is 0.0929 e. The molecule has 1 aromatic heterocycles. The van der Waals surface area contributed by atoms with Gasteiger partial charge in [0.25, 0.3) is 0 Å². The molecule has 1 aliphatic rings. The van der Waals surface area contributed by atoms with Gasteiger partial charge in [-0.1, -0.05) is 42.5 Å². The van der Waals surface area contributed by atoms with Crippen molar-refractivity contribution in [2.75, 3.05) is 13.1 Å². The van der Waals surface area contributed by atoms with E-state index >= 15 is 0 Å². The normalized spacial score (nSPS) is 19.0. The molecule has 0 amide bonds. The largest absolute Gasteiger partial charge is 0.316 e. The third-order valence-corrected chi connectivity index (χ3v) is 4.40. The van der Waals surface area contributed by atoms with Crippen LogP contribution in [-0.4, -0.2) is 23.3 Å². The summed E-state index contributed by atoms with van der Waals surface area (Å²) in [5.41, 5.74) is 3.51. The summed E-state index contributed by atoms with van der Waals surface area (Å²) >= 11 is 0. The fourth-order valence-corrected chi connectivity index (χ4v) is 3.25. The van der Waals surface area contributed by atoms with Crippen LogP contribution in [0.3, 0.4) is 0 Å². The minimum Gasteiger partial charge on any atom is -0.316 e. The third kappa shape index (κ3) is 2.34. The van der Waals surface area contributed by atoms with Gasteiger partial charge in [-0.3, -0.25) is 5.10 Å². The van der Waals surface area contributed by atoms with E-state index in [1.165, 1.54) is 34.9 Å². The van der Waals surface area contributed by atoms with Crippen LogP contribution in [0.2, 0.25) is 0 Å². The van der Waals surface area contributed by atoms with Crippen LogP contribution in [0, 0.1) is 0 Å². The monoisotopic (exact) mass is 277 g/mol. The zero-order chi connectivity index (χ0) is 14.1. The standard InChI is InChI=1S/C18H19N3/c1-2-8-15-13(5-1)6-3-9-16(15)18-11-17(20-21-18)14-7-4-10-19-12-14/h1-3,5-6,8-9,11,14,19H,4,7,10,12H2,(H,20,21)/t14-/m0/s1. The highest BCUT2D eigenvalue weighted by atomic mass is 15.1. The van der Waals surface area contributed by atoms with Gasteiger partial charge in [0, 0.05) is 23.7 Å². The Balaban J connectivity index is 1.74. The first-order valence-electron chi connectivity index (χ1n) is 7.66. The number of nitrogens with one attached hydrogen (secondary N) is 2. The minimum absolute atomic E-state index is 0.565. The molecule has 0 bridgehead atoms. The quantitative estimate of drug-likeness (QED) is 0.750. The zero-order valence-corrected chi connectivity index (χ0v) is 12.0. The van der Waals surface area contributed by atoms with Crippen LogP contribution < -0.4 is 5.32 Å². The highest BCUT2D eigenvalue weighted by Crippen LogP contribution is 2.30. The molecule has 0 saturated carbocycles. The van der Waals surface area contributed by atoms with Crippen molar-refractivity contribution in [2.24, 2.45) is 0 Å². The van der Waals surface area contributed by atoms with E-state index < -0.39 is 0 Å². The van der Waals surface area contributed by atoms with Gasteiger partial charge in [-0.05, 0) is 36.2 Å². The van der Waals surface area contributed by atoms with Crippen molar-refractivity contribution in [3.05, 3.63) is 54.2 Å². The van der Waals surface area contributed by atoms with E-state index in [0.29, 0.717) is 5.92 Å². The van der Waals surface area contributed by atoms with E-state index in [1.807, 2.05) is 0 Å². The first-order valence-corrected chi connectivity index (χ1v) is 7.66. The molecule has 4 rings (SSSR count). The molecule has 3 aromatic rings. The van der Waals surface area contributed by atoms with Crippen molar-refractivity contribution in [1.29, 1.82) is 0 Å². The van der Waals surface area contributed by atoms with E-state index in [1.54, 1.807) is 0 Å². The Bertz CT molecular complexity index is 749. The highest BCUT2D eigenvalue weighted by Gasteiger charge is 2.18. The first kappa shape index (κ1) is 12.6. The van der Waals surface area contributed by atoms with Crippen molar-refractivity contribution < 1.29 is 0 Å². The SMILES string of the molecule is c1ccc2c(-c3cc([C@H]4CCCNC4)[nH]n3)cccc2c1. The number of fused-ring (bicyclic) bond motifs is 1. The maximum absolute atomic E-state index is 4.56. The minimum atomic E-state index is 0.565. The van der Waals surface area contributed by atoms with Gasteiger partial charge < -0.3 is 5.32 Å². The van der Waals surface area contributed by atoms with Gasteiger partial charge in [0.05, 0.1) is 5.69 Å². The van der Waals surface area contributed by atoms with E-state index in [9.17, 15) is 0 Å². The maximum atomic E-state index is 4.56. The number of aromatic amines is 1. The Morgan fingerprint density at radius 3 is 2.86 bits per heavy atom. The van der Waals surface area contributed by atoms with Crippen LogP contribution in [0.1, 0.15) is 24.5 Å². The molecule has 2 aromatic carbocycles. The lowest BCUT2D eigenvalue weighted by Crippen LogP contribution is -2.28. The second kappa shape index (κ2) is 5.34. The number of piperidine rings is 1. The molecular formula is C18H19N3. The van der Waals surface area contributed by atoms with Crippen LogP contribution in [0.25, 0.3) is 22.0 Å². The van der Waals surface area contributed by atoms with Gasteiger partial charge in [-0.2, -0.15) is 5.10 Å². The smallest absolute Gasteiger partial charge is 0.0929 e. The van der Waals surface area contributed by atoms with Crippen molar-refractivity contribution in [2.45, 2.75) is 18.8 Å². The number of aromatic nitrogens is 2. The van der Waals surface area contributed by atoms with Gasteiger partial charge in [0.2, 0.25) is 0 Å². The molecule has 1 saturated heterocycles. The zero-order valence-electron chi connectivity index (χ0n) is 12.0. The molecule has 106 valence electrons. The van der Waals surface area contributed by atoms with E-state index in [-0.39, 0.29) is 0 Å². The number of hydrogen-bond donors (Lipinski definition) is 2. The molecule has 3 nitrogen and oxygen atoms in total. The fourth-order valence-electron chi connectivity index (χ4n) is 3.25. The van der Waals surface area contributed by atoms with Gasteiger partial charge >= 0.3 is 0 Å². The predicted octanol–water partition coefficient (Wildman–Crippen LogP) is 3.70. The molecule has 2 N–H and O–H groups in total. The van der Waals surface area contributed by atoms with Crippen molar-refractivity contribution in [3.63, 3.8) is 0 Å². The summed E-state index contributed by atoms with van der Waals surface area (Å²) < 4.78 is 0. The van der Waals surface area contributed by atoms with Crippen LogP contribution in [0.4, 0.5) is 0 Å². The van der Waals surface area contributed by atoms with Crippen molar-refractivity contribution in [3.8, 4) is 11.3 Å². The number of H-pyrrole nitrogens is 1. The number of hydrogen-bond acceptors (Lipinski definition) is 2. The topological polar surface area (TPSA) is 40.7 Å².